The number of halogens is 5. The molecule has 0 heterocycles. The molecule has 0 aromatic heterocycles. The van der Waals surface area contributed by atoms with Gasteiger partial charge in [0.05, 0.1) is 0 Å². The molecule has 12 rings (SSSR count). The zero-order valence-electron chi connectivity index (χ0n) is 37.3. The molecule has 0 N–H and O–H groups in total. The molecule has 65 heavy (non-hydrogen) atoms. The molecule has 0 aliphatic heterocycles. The molecule has 0 spiro atoms. The molecule has 4 aliphatic rings. The summed E-state index contributed by atoms with van der Waals surface area (Å²) in [5.41, 5.74) is 9.82. The van der Waals surface area contributed by atoms with Gasteiger partial charge >= 0.3 is 44.1 Å². The van der Waals surface area contributed by atoms with Crippen molar-refractivity contribution in [1.82, 2.24) is 0 Å². The van der Waals surface area contributed by atoms with E-state index in [4.69, 9.17) is 17.0 Å². The predicted octanol–water partition coefficient (Wildman–Crippen LogP) is 18.5. The Morgan fingerprint density at radius 2 is 0.923 bits per heavy atom. The Balaban J connectivity index is 0.000000134. The fraction of sp³-hybridized carbons (Fsp3) is 0.345. The first-order valence-corrected chi connectivity index (χ1v) is 31.6. The molecule has 4 saturated carbocycles. The number of rotatable bonds is 8. The molecule has 8 aromatic carbocycles. The van der Waals surface area contributed by atoms with Gasteiger partial charge in [-0.15, -0.1) is 69.1 Å². The average molecular weight is 1000 g/mol. The first kappa shape index (κ1) is 46.6. The Morgan fingerprint density at radius 3 is 1.28 bits per heavy atom. The van der Waals surface area contributed by atoms with Crippen LogP contribution in [0.1, 0.15) is 81.8 Å². The quantitative estimate of drug-likeness (QED) is 0.105. The summed E-state index contributed by atoms with van der Waals surface area (Å²) >= 11 is -0.826. The van der Waals surface area contributed by atoms with E-state index in [2.05, 4.69) is 146 Å². The van der Waals surface area contributed by atoms with E-state index in [1.165, 1.54) is 142 Å². The number of fused-ring (bicyclic) bond motifs is 8. The van der Waals surface area contributed by atoms with Crippen LogP contribution >= 0.6 is 17.0 Å². The van der Waals surface area contributed by atoms with Gasteiger partial charge in [-0.2, -0.15) is 25.3 Å². The molecule has 7 heteroatoms. The normalized spacial score (nSPS) is 21.8. The van der Waals surface area contributed by atoms with E-state index < -0.39 is 33.4 Å². The van der Waals surface area contributed by atoms with Crippen molar-refractivity contribution in [2.45, 2.75) is 102 Å². The second-order valence-corrected chi connectivity index (χ2v) is 24.5. The Hall–Kier alpha value is -3.47. The number of hydrogen-bond acceptors (Lipinski definition) is 0. The summed E-state index contributed by atoms with van der Waals surface area (Å²) in [6.45, 7) is 1.77. The molecule has 332 valence electrons. The maximum absolute atomic E-state index is 11.2. The summed E-state index contributed by atoms with van der Waals surface area (Å²) in [5.74, 6) is 2.06. The predicted molar refractivity (Wildman–Crippen MR) is 269 cm³/mol. The minimum atomic E-state index is -3.94. The smallest absolute Gasteiger partial charge is 0.0114 e. The molecule has 4 bridgehead atoms. The van der Waals surface area contributed by atoms with Gasteiger partial charge in [0.15, 0.2) is 0 Å². The van der Waals surface area contributed by atoms with Crippen LogP contribution < -0.4 is 0 Å². The van der Waals surface area contributed by atoms with Crippen molar-refractivity contribution in [3.05, 3.63) is 157 Å². The third-order valence-electron chi connectivity index (χ3n) is 15.4. The average Bonchev–Trinajstić information content (AvgIpc) is 4.20. The fourth-order valence-electron chi connectivity index (χ4n) is 12.4. The van der Waals surface area contributed by atoms with Gasteiger partial charge in [-0.3, -0.25) is 0 Å². The van der Waals surface area contributed by atoms with Crippen molar-refractivity contribution in [1.29, 1.82) is 0 Å². The largest absolute Gasteiger partial charge is 0.164 e. The molecular weight excluding hydrogens is 944 g/mol. The van der Waals surface area contributed by atoms with Gasteiger partial charge in [-0.1, -0.05) is 121 Å². The van der Waals surface area contributed by atoms with E-state index >= 15 is 0 Å². The van der Waals surface area contributed by atoms with E-state index in [0.717, 1.165) is 11.8 Å². The fourth-order valence-corrected chi connectivity index (χ4v) is 13.0. The first-order valence-electron chi connectivity index (χ1n) is 23.6. The van der Waals surface area contributed by atoms with Crippen LogP contribution in [-0.4, -0.2) is 15.7 Å². The van der Waals surface area contributed by atoms with Gasteiger partial charge < -0.3 is 0 Å². The molecule has 0 nitrogen and oxygen atoms in total. The van der Waals surface area contributed by atoms with E-state index in [9.17, 15) is 13.2 Å². The number of alkyl halides is 3. The molecule has 8 aromatic rings. The summed E-state index contributed by atoms with van der Waals surface area (Å²) in [6, 6.07) is 54.7. The summed E-state index contributed by atoms with van der Waals surface area (Å²) in [6.07, 6.45) is 12.7. The van der Waals surface area contributed by atoms with E-state index in [0.29, 0.717) is 20.3 Å². The van der Waals surface area contributed by atoms with Crippen molar-refractivity contribution in [3.8, 4) is 22.3 Å². The topological polar surface area (TPSA) is 0 Å². The zero-order chi connectivity index (χ0) is 45.0. The van der Waals surface area contributed by atoms with Gasteiger partial charge in [-0.25, -0.2) is 0 Å². The van der Waals surface area contributed by atoms with Crippen LogP contribution in [0, 0.1) is 22.7 Å². The molecular formula is C58H57Cl2F3SiZr. The second kappa shape index (κ2) is 20.4. The van der Waals surface area contributed by atoms with Crippen LogP contribution in [0.15, 0.2) is 146 Å². The van der Waals surface area contributed by atoms with Crippen molar-refractivity contribution >= 4 is 69.6 Å². The van der Waals surface area contributed by atoms with Gasteiger partial charge in [0.1, 0.15) is 0 Å². The van der Waals surface area contributed by atoms with Crippen molar-refractivity contribution < 1.29 is 34.0 Å². The maximum atomic E-state index is 11.2. The number of hydrogen-bond donors (Lipinski definition) is 0. The Morgan fingerprint density at radius 1 is 0.554 bits per heavy atom. The second-order valence-electron chi connectivity index (χ2n) is 19.6. The van der Waals surface area contributed by atoms with Gasteiger partial charge in [-0.05, 0) is 132 Å². The molecule has 0 atom stereocenters. The molecule has 0 saturated heterocycles. The SMILES string of the molecule is C[Si]CCC(F)(F)F.[Cl][Zr+2][Cl].c1ccc2c(-c3cccc4[cH-]c(CC56CCC(CC5)C6)cc34)cccc2c1.c1ccc2c(-c3cccc4[cH-]c(CC56CCC(CC5)C6)cc34)cccc2c1. The maximum Gasteiger partial charge on any atom is -0.0114 e. The Kier molecular flexibility index (Phi) is 14.6. The molecule has 0 amide bonds. The number of benzene rings is 6. The monoisotopic (exact) mass is 998 g/mol. The Bertz CT molecular complexity index is 2660. The zero-order valence-corrected chi connectivity index (χ0v) is 42.3. The van der Waals surface area contributed by atoms with Crippen LogP contribution in [0.4, 0.5) is 13.2 Å². The van der Waals surface area contributed by atoms with E-state index in [1.807, 2.05) is 0 Å². The summed E-state index contributed by atoms with van der Waals surface area (Å²) < 4.78 is 33.7. The summed E-state index contributed by atoms with van der Waals surface area (Å²) in [4.78, 5) is 0. The van der Waals surface area contributed by atoms with E-state index in [1.54, 1.807) is 17.7 Å². The van der Waals surface area contributed by atoms with Crippen LogP contribution in [0.2, 0.25) is 12.6 Å². The van der Waals surface area contributed by atoms with Crippen LogP contribution in [0.25, 0.3) is 65.3 Å². The standard InChI is InChI=1S/2C27H25.C4H7F3Si.2ClH.Zr/c2*1-2-8-23-21(5-1)6-3-9-24(23)25-10-4-7-22-15-20(16-26(22)25)18-27-13-11-19(17-27)12-14-27;1-8-3-2-4(5,6)7;;;/h2*1-10,15-16,19H,11-14,17-18H2;2-3H2,1H3;2*1H;/q2*-1;;;;+4/p-2. The third kappa shape index (κ3) is 10.7. The summed E-state index contributed by atoms with van der Waals surface area (Å²) in [7, 11) is 10.3. The third-order valence-corrected chi connectivity index (χ3v) is 16.1. The summed E-state index contributed by atoms with van der Waals surface area (Å²) in [5, 5.41) is 11.0. The first-order chi connectivity index (χ1) is 31.6. The van der Waals surface area contributed by atoms with Gasteiger partial charge in [0.2, 0.25) is 0 Å². The molecule has 0 unspecified atom stereocenters. The van der Waals surface area contributed by atoms with E-state index in [-0.39, 0.29) is 6.04 Å². The Labute approximate surface area is 404 Å². The van der Waals surface area contributed by atoms with Gasteiger partial charge in [0.25, 0.3) is 0 Å². The molecule has 2 radical (unpaired) electrons. The molecule has 4 fully saturated rings. The minimum Gasteiger partial charge on any atom is -0.164 e. The van der Waals surface area contributed by atoms with Crippen LogP contribution in [0.5, 0.6) is 0 Å². The molecule has 4 aliphatic carbocycles. The van der Waals surface area contributed by atoms with Crippen molar-refractivity contribution in [2.24, 2.45) is 22.7 Å². The van der Waals surface area contributed by atoms with Crippen LogP contribution in [-0.2, 0) is 33.7 Å². The van der Waals surface area contributed by atoms with Crippen molar-refractivity contribution in [2.75, 3.05) is 0 Å². The van der Waals surface area contributed by atoms with Gasteiger partial charge in [0, 0.05) is 15.9 Å². The minimum absolute atomic E-state index is 0.281. The van der Waals surface area contributed by atoms with Crippen LogP contribution in [0.3, 0.4) is 0 Å². The van der Waals surface area contributed by atoms with Crippen molar-refractivity contribution in [3.63, 3.8) is 0 Å².